The number of rotatable bonds is 4. The van der Waals surface area contributed by atoms with Gasteiger partial charge in [-0.15, -0.1) is 0 Å². The molecule has 3 rings (SSSR count). The Balaban J connectivity index is 1.62. The highest BCUT2D eigenvalue weighted by Crippen LogP contribution is 2.32. The third-order valence-corrected chi connectivity index (χ3v) is 3.77. The molecule has 0 unspecified atom stereocenters. The SMILES string of the molecule is C[C@H]1Oc2ccc(NC(=O)CCc3ccccc3F)cc2NC1=O. The Kier molecular flexibility index (Phi) is 4.46. The summed E-state index contributed by atoms with van der Waals surface area (Å²) in [4.78, 5) is 23.7. The van der Waals surface area contributed by atoms with Crippen molar-refractivity contribution in [2.45, 2.75) is 25.9 Å². The molecule has 1 heterocycles. The third-order valence-electron chi connectivity index (χ3n) is 3.77. The van der Waals surface area contributed by atoms with Gasteiger partial charge in [0.2, 0.25) is 5.91 Å². The van der Waals surface area contributed by atoms with Crippen LogP contribution in [-0.4, -0.2) is 17.9 Å². The summed E-state index contributed by atoms with van der Waals surface area (Å²) in [5, 5.41) is 5.46. The van der Waals surface area contributed by atoms with Crippen LogP contribution in [0.2, 0.25) is 0 Å². The van der Waals surface area contributed by atoms with Crippen molar-refractivity contribution in [3.63, 3.8) is 0 Å². The number of carbonyl (C=O) groups excluding carboxylic acids is 2. The van der Waals surface area contributed by atoms with Crippen LogP contribution >= 0.6 is 0 Å². The van der Waals surface area contributed by atoms with Crippen molar-refractivity contribution in [2.24, 2.45) is 0 Å². The lowest BCUT2D eigenvalue weighted by molar-refractivity contribution is -0.122. The standard InChI is InChI=1S/C18H17FN2O3/c1-11-18(23)21-15-10-13(7-8-16(15)24-11)20-17(22)9-6-12-4-2-3-5-14(12)19/h2-5,7-8,10-11H,6,9H2,1H3,(H,20,22)(H,21,23)/t11-/m1/s1. The van der Waals surface area contributed by atoms with Gasteiger partial charge in [-0.05, 0) is 43.2 Å². The molecule has 124 valence electrons. The molecule has 0 saturated carbocycles. The van der Waals surface area contributed by atoms with Gasteiger partial charge in [0.25, 0.3) is 5.91 Å². The van der Waals surface area contributed by atoms with Gasteiger partial charge < -0.3 is 15.4 Å². The maximum absolute atomic E-state index is 13.5. The van der Waals surface area contributed by atoms with Crippen LogP contribution in [0.5, 0.6) is 5.75 Å². The first-order valence-corrected chi connectivity index (χ1v) is 7.68. The zero-order valence-corrected chi connectivity index (χ0v) is 13.1. The molecule has 0 radical (unpaired) electrons. The maximum atomic E-state index is 13.5. The molecule has 1 atom stereocenters. The van der Waals surface area contributed by atoms with Gasteiger partial charge >= 0.3 is 0 Å². The summed E-state index contributed by atoms with van der Waals surface area (Å²) in [6, 6.07) is 11.4. The summed E-state index contributed by atoms with van der Waals surface area (Å²) < 4.78 is 19.0. The Bertz CT molecular complexity index is 792. The second kappa shape index (κ2) is 6.70. The van der Waals surface area contributed by atoms with Gasteiger partial charge in [0.1, 0.15) is 11.6 Å². The number of nitrogens with one attached hydrogen (secondary N) is 2. The molecular weight excluding hydrogens is 311 g/mol. The summed E-state index contributed by atoms with van der Waals surface area (Å²) in [6.07, 6.45) is -0.0580. The minimum atomic E-state index is -0.543. The van der Waals surface area contributed by atoms with E-state index in [1.165, 1.54) is 6.07 Å². The second-order valence-corrected chi connectivity index (χ2v) is 5.60. The van der Waals surface area contributed by atoms with E-state index >= 15 is 0 Å². The maximum Gasteiger partial charge on any atom is 0.265 e. The lowest BCUT2D eigenvalue weighted by Gasteiger charge is -2.23. The average Bonchev–Trinajstić information content (AvgIpc) is 2.55. The number of benzene rings is 2. The van der Waals surface area contributed by atoms with Crippen LogP contribution in [0.1, 0.15) is 18.9 Å². The van der Waals surface area contributed by atoms with Gasteiger partial charge in [-0.3, -0.25) is 9.59 Å². The highest BCUT2D eigenvalue weighted by atomic mass is 19.1. The van der Waals surface area contributed by atoms with Gasteiger partial charge in [-0.2, -0.15) is 0 Å². The summed E-state index contributed by atoms with van der Waals surface area (Å²) in [6.45, 7) is 1.66. The smallest absolute Gasteiger partial charge is 0.265 e. The number of hydrogen-bond acceptors (Lipinski definition) is 3. The van der Waals surface area contributed by atoms with Crippen molar-refractivity contribution in [1.82, 2.24) is 0 Å². The molecule has 2 N–H and O–H groups in total. The summed E-state index contributed by atoms with van der Waals surface area (Å²) in [5.74, 6) is -0.209. The number of hydrogen-bond donors (Lipinski definition) is 2. The molecule has 0 aliphatic carbocycles. The van der Waals surface area contributed by atoms with Crippen molar-refractivity contribution in [3.8, 4) is 5.75 Å². The number of ether oxygens (including phenoxy) is 1. The van der Waals surface area contributed by atoms with Gasteiger partial charge in [-0.1, -0.05) is 18.2 Å². The lowest BCUT2D eigenvalue weighted by atomic mass is 10.1. The molecule has 24 heavy (non-hydrogen) atoms. The lowest BCUT2D eigenvalue weighted by Crippen LogP contribution is -2.34. The van der Waals surface area contributed by atoms with Crippen molar-refractivity contribution in [3.05, 3.63) is 53.8 Å². The molecule has 1 aliphatic heterocycles. The fraction of sp³-hybridized carbons (Fsp3) is 0.222. The largest absolute Gasteiger partial charge is 0.479 e. The zero-order chi connectivity index (χ0) is 17.1. The van der Waals surface area contributed by atoms with E-state index in [-0.39, 0.29) is 24.1 Å². The number of amides is 2. The predicted molar refractivity (Wildman–Crippen MR) is 88.5 cm³/mol. The van der Waals surface area contributed by atoms with Crippen LogP contribution in [-0.2, 0) is 16.0 Å². The molecule has 0 fully saturated rings. The highest BCUT2D eigenvalue weighted by molar-refractivity contribution is 5.99. The van der Waals surface area contributed by atoms with Gasteiger partial charge in [0.05, 0.1) is 5.69 Å². The summed E-state index contributed by atoms with van der Waals surface area (Å²) in [5.41, 5.74) is 1.57. The van der Waals surface area contributed by atoms with E-state index in [4.69, 9.17) is 4.74 Å². The number of carbonyl (C=O) groups is 2. The summed E-state index contributed by atoms with van der Waals surface area (Å²) >= 11 is 0. The van der Waals surface area contributed by atoms with E-state index in [1.54, 1.807) is 43.3 Å². The molecule has 0 aromatic heterocycles. The number of anilines is 2. The zero-order valence-electron chi connectivity index (χ0n) is 13.1. The Morgan fingerprint density at radius 3 is 2.88 bits per heavy atom. The van der Waals surface area contributed by atoms with E-state index in [1.807, 2.05) is 0 Å². The number of fused-ring (bicyclic) bond motifs is 1. The first-order valence-electron chi connectivity index (χ1n) is 7.68. The van der Waals surface area contributed by atoms with E-state index in [2.05, 4.69) is 10.6 Å². The van der Waals surface area contributed by atoms with Gasteiger partial charge in [-0.25, -0.2) is 4.39 Å². The fourth-order valence-corrected chi connectivity index (χ4v) is 2.46. The Labute approximate surface area is 138 Å². The molecule has 2 aromatic rings. The molecule has 6 heteroatoms. The molecule has 0 saturated heterocycles. The van der Waals surface area contributed by atoms with Crippen molar-refractivity contribution in [2.75, 3.05) is 10.6 Å². The highest BCUT2D eigenvalue weighted by Gasteiger charge is 2.23. The predicted octanol–water partition coefficient (Wildman–Crippen LogP) is 3.12. The Morgan fingerprint density at radius 2 is 2.08 bits per heavy atom. The van der Waals surface area contributed by atoms with E-state index in [9.17, 15) is 14.0 Å². The first-order chi connectivity index (χ1) is 11.5. The molecule has 2 amide bonds. The number of halogens is 1. The molecule has 2 aromatic carbocycles. The second-order valence-electron chi connectivity index (χ2n) is 5.60. The molecule has 0 spiro atoms. The molecule has 5 nitrogen and oxygen atoms in total. The van der Waals surface area contributed by atoms with Crippen LogP contribution < -0.4 is 15.4 Å². The van der Waals surface area contributed by atoms with Crippen LogP contribution in [0.3, 0.4) is 0 Å². The Hall–Kier alpha value is -2.89. The topological polar surface area (TPSA) is 67.4 Å². The van der Waals surface area contributed by atoms with Crippen molar-refractivity contribution < 1.29 is 18.7 Å². The normalized spacial score (nSPS) is 15.9. The monoisotopic (exact) mass is 328 g/mol. The van der Waals surface area contributed by atoms with E-state index in [0.29, 0.717) is 29.1 Å². The van der Waals surface area contributed by atoms with Crippen LogP contribution in [0, 0.1) is 5.82 Å². The fourth-order valence-electron chi connectivity index (χ4n) is 2.46. The number of aryl methyl sites for hydroxylation is 1. The molecule has 0 bridgehead atoms. The van der Waals surface area contributed by atoms with Gasteiger partial charge in [0.15, 0.2) is 6.10 Å². The first kappa shape index (κ1) is 16.0. The van der Waals surface area contributed by atoms with Crippen LogP contribution in [0.4, 0.5) is 15.8 Å². The average molecular weight is 328 g/mol. The quantitative estimate of drug-likeness (QED) is 0.906. The van der Waals surface area contributed by atoms with Crippen molar-refractivity contribution >= 4 is 23.2 Å². The van der Waals surface area contributed by atoms with Crippen molar-refractivity contribution in [1.29, 1.82) is 0 Å². The van der Waals surface area contributed by atoms with Gasteiger partial charge in [0, 0.05) is 12.1 Å². The minimum absolute atomic E-state index is 0.165. The third kappa shape index (κ3) is 3.53. The summed E-state index contributed by atoms with van der Waals surface area (Å²) in [7, 11) is 0. The Morgan fingerprint density at radius 1 is 1.29 bits per heavy atom. The molecular formula is C18H17FN2O3. The van der Waals surface area contributed by atoms with Crippen LogP contribution in [0.15, 0.2) is 42.5 Å². The molecule has 1 aliphatic rings. The van der Waals surface area contributed by atoms with E-state index in [0.717, 1.165) is 0 Å². The van der Waals surface area contributed by atoms with E-state index < -0.39 is 6.10 Å². The minimum Gasteiger partial charge on any atom is -0.479 e. The van der Waals surface area contributed by atoms with Crippen LogP contribution in [0.25, 0.3) is 0 Å².